The van der Waals surface area contributed by atoms with E-state index in [1.165, 1.54) is 34.5 Å². The van der Waals surface area contributed by atoms with Gasteiger partial charge in [0.1, 0.15) is 12.4 Å². The van der Waals surface area contributed by atoms with Gasteiger partial charge in [0, 0.05) is 56.0 Å². The number of fused-ring (bicyclic) bond motifs is 2. The highest BCUT2D eigenvalue weighted by Gasteiger charge is 2.33. The Morgan fingerprint density at radius 2 is 1.88 bits per heavy atom. The molecule has 4 heterocycles. The Hall–Kier alpha value is -3.69. The predicted octanol–water partition coefficient (Wildman–Crippen LogP) is 3.52. The highest BCUT2D eigenvalue weighted by atomic mass is 16.5. The molecule has 0 N–H and O–H groups in total. The summed E-state index contributed by atoms with van der Waals surface area (Å²) in [7, 11) is 3.83. The van der Waals surface area contributed by atoms with Crippen LogP contribution in [0, 0.1) is 0 Å². The van der Waals surface area contributed by atoms with E-state index in [2.05, 4.69) is 70.8 Å². The summed E-state index contributed by atoms with van der Waals surface area (Å²) in [5.74, 6) is 0.862. The third-order valence-corrected chi connectivity index (χ3v) is 8.81. The van der Waals surface area contributed by atoms with Crippen LogP contribution in [0.4, 0.5) is 11.5 Å². The number of hydrogen-bond acceptors (Lipinski definition) is 8. The summed E-state index contributed by atoms with van der Waals surface area (Å²) in [5.41, 5.74) is 3.41. The number of methoxy groups -OCH3 is 1. The first kappa shape index (κ1) is 27.5. The van der Waals surface area contributed by atoms with E-state index in [1.54, 1.807) is 7.11 Å². The zero-order chi connectivity index (χ0) is 28.3. The van der Waals surface area contributed by atoms with Crippen molar-refractivity contribution >= 4 is 28.2 Å². The zero-order valence-electron chi connectivity index (χ0n) is 24.2. The molecule has 0 spiro atoms. The van der Waals surface area contributed by atoms with Gasteiger partial charge in [-0.3, -0.25) is 4.79 Å². The molecule has 3 aliphatic heterocycles. The molecule has 3 aliphatic rings. The van der Waals surface area contributed by atoms with Gasteiger partial charge in [-0.2, -0.15) is 9.97 Å². The average molecular weight is 557 g/mol. The highest BCUT2D eigenvalue weighted by Crippen LogP contribution is 2.35. The summed E-state index contributed by atoms with van der Waals surface area (Å²) in [6.45, 7) is 9.29. The highest BCUT2D eigenvalue weighted by molar-refractivity contribution is 5.94. The van der Waals surface area contributed by atoms with E-state index in [1.807, 2.05) is 4.90 Å². The first-order valence-corrected chi connectivity index (χ1v) is 14.7. The van der Waals surface area contributed by atoms with Crippen LogP contribution in [0.3, 0.4) is 0 Å². The van der Waals surface area contributed by atoms with E-state index < -0.39 is 0 Å². The number of likely N-dealkylation sites (tertiary alicyclic amines) is 1. The van der Waals surface area contributed by atoms with E-state index in [9.17, 15) is 4.79 Å². The Morgan fingerprint density at radius 3 is 2.68 bits per heavy atom. The smallest absolute Gasteiger partial charge is 0.318 e. The Bertz CT molecular complexity index is 1410. The number of nitrogens with zero attached hydrogens (tertiary/aromatic N) is 6. The molecule has 2 fully saturated rings. The number of piperazine rings is 1. The number of carbonyl (C=O) groups is 1. The molecule has 216 valence electrons. The number of anilines is 2. The molecule has 41 heavy (non-hydrogen) atoms. The van der Waals surface area contributed by atoms with E-state index in [0.717, 1.165) is 37.4 Å². The van der Waals surface area contributed by atoms with E-state index in [4.69, 9.17) is 19.4 Å². The molecular weight excluding hydrogens is 516 g/mol. The topological polar surface area (TPSA) is 74.3 Å². The number of carbonyl (C=O) groups excluding carboxylic acids is 1. The van der Waals surface area contributed by atoms with Gasteiger partial charge in [-0.25, -0.2) is 0 Å². The molecule has 1 unspecified atom stereocenters. The minimum atomic E-state index is -0.0860. The quantitative estimate of drug-likeness (QED) is 0.391. The summed E-state index contributed by atoms with van der Waals surface area (Å²) >= 11 is 0. The van der Waals surface area contributed by atoms with Gasteiger partial charge >= 0.3 is 6.01 Å². The number of aromatic nitrogens is 2. The summed E-state index contributed by atoms with van der Waals surface area (Å²) in [5, 5.41) is 2.49. The predicted molar refractivity (Wildman–Crippen MR) is 162 cm³/mol. The maximum absolute atomic E-state index is 12.6. The van der Waals surface area contributed by atoms with Crippen molar-refractivity contribution in [2.75, 3.05) is 69.9 Å². The summed E-state index contributed by atoms with van der Waals surface area (Å²) in [4.78, 5) is 31.5. The zero-order valence-corrected chi connectivity index (χ0v) is 24.2. The average Bonchev–Trinajstić information content (AvgIpc) is 3.43. The van der Waals surface area contributed by atoms with Crippen LogP contribution < -0.4 is 14.5 Å². The lowest BCUT2D eigenvalue weighted by atomic mass is 10.0. The fraction of sp³-hybridized carbons (Fsp3) is 0.469. The molecule has 0 aliphatic carbocycles. The van der Waals surface area contributed by atoms with Crippen LogP contribution in [0.5, 0.6) is 6.01 Å². The molecule has 9 heteroatoms. The van der Waals surface area contributed by atoms with Crippen molar-refractivity contribution < 1.29 is 14.3 Å². The largest absolute Gasteiger partial charge is 0.462 e. The molecule has 2 aromatic carbocycles. The normalized spacial score (nSPS) is 21.3. The maximum Gasteiger partial charge on any atom is 0.318 e. The van der Waals surface area contributed by atoms with Gasteiger partial charge < -0.3 is 29.1 Å². The van der Waals surface area contributed by atoms with Crippen LogP contribution in [0.15, 0.2) is 55.1 Å². The van der Waals surface area contributed by atoms with Crippen LogP contribution >= 0.6 is 0 Å². The lowest BCUT2D eigenvalue weighted by Gasteiger charge is -2.42. The molecule has 0 saturated carbocycles. The second-order valence-corrected chi connectivity index (χ2v) is 11.3. The van der Waals surface area contributed by atoms with Gasteiger partial charge in [-0.1, -0.05) is 43.0 Å². The van der Waals surface area contributed by atoms with Gasteiger partial charge in [0.05, 0.1) is 24.9 Å². The number of benzene rings is 2. The Labute approximate surface area is 242 Å². The SMILES string of the molecule is C=CC(=O)N1CCN(c2nc(OC[C@@H]3CCCN3C)nc3c2CCN(c2cccc4ccccc24)C3)CC1COC. The Morgan fingerprint density at radius 1 is 1.02 bits per heavy atom. The van der Waals surface area contributed by atoms with E-state index in [0.29, 0.717) is 51.4 Å². The van der Waals surface area contributed by atoms with Crippen molar-refractivity contribution in [3.05, 3.63) is 66.4 Å². The number of amides is 1. The van der Waals surface area contributed by atoms with Gasteiger partial charge in [0.15, 0.2) is 0 Å². The summed E-state index contributed by atoms with van der Waals surface area (Å²) in [6.07, 6.45) is 4.54. The van der Waals surface area contributed by atoms with Crippen LogP contribution in [0.2, 0.25) is 0 Å². The van der Waals surface area contributed by atoms with Crippen molar-refractivity contribution in [1.29, 1.82) is 0 Å². The molecule has 1 amide bonds. The number of hydrogen-bond donors (Lipinski definition) is 0. The van der Waals surface area contributed by atoms with Crippen molar-refractivity contribution in [2.45, 2.75) is 37.9 Å². The molecule has 0 bridgehead atoms. The lowest BCUT2D eigenvalue weighted by molar-refractivity contribution is -0.129. The standard InChI is InChI=1S/C32H40N6O3/c1-4-30(39)38-18-17-37(19-25(38)21-40-3)31-27-14-16-36(29-13-7-10-23-9-5-6-12-26(23)29)20-28(27)33-32(34-31)41-22-24-11-8-15-35(24)2/h4-7,9-10,12-13,24-25H,1,8,11,14-22H2,2-3H3/t24-,25?/m0/s1. The van der Waals surface area contributed by atoms with Crippen LogP contribution in [0.25, 0.3) is 10.8 Å². The molecule has 2 atom stereocenters. The van der Waals surface area contributed by atoms with Gasteiger partial charge in [-0.15, -0.1) is 0 Å². The van der Waals surface area contributed by atoms with E-state index in [-0.39, 0.29) is 11.9 Å². The Kier molecular flexibility index (Phi) is 8.07. The summed E-state index contributed by atoms with van der Waals surface area (Å²) < 4.78 is 11.8. The Balaban J connectivity index is 1.32. The third-order valence-electron chi connectivity index (χ3n) is 8.81. The second-order valence-electron chi connectivity index (χ2n) is 11.3. The number of ether oxygens (including phenoxy) is 2. The molecule has 0 radical (unpaired) electrons. The van der Waals surface area contributed by atoms with Crippen LogP contribution in [0.1, 0.15) is 24.1 Å². The van der Waals surface area contributed by atoms with Gasteiger partial charge in [0.2, 0.25) is 5.91 Å². The first-order valence-electron chi connectivity index (χ1n) is 14.7. The second kappa shape index (κ2) is 12.0. The lowest BCUT2D eigenvalue weighted by Crippen LogP contribution is -2.57. The minimum absolute atomic E-state index is 0.0631. The fourth-order valence-electron chi connectivity index (χ4n) is 6.56. The maximum atomic E-state index is 12.6. The molecule has 6 rings (SSSR count). The fourth-order valence-corrected chi connectivity index (χ4v) is 6.56. The number of likely N-dealkylation sites (N-methyl/N-ethyl adjacent to an activating group) is 1. The third kappa shape index (κ3) is 5.61. The molecule has 3 aromatic rings. The number of rotatable bonds is 8. The van der Waals surface area contributed by atoms with Gasteiger partial charge in [-0.05, 0) is 50.4 Å². The molecule has 1 aromatic heterocycles. The van der Waals surface area contributed by atoms with Crippen molar-refractivity contribution in [1.82, 2.24) is 19.8 Å². The van der Waals surface area contributed by atoms with Crippen molar-refractivity contribution in [3.8, 4) is 6.01 Å². The molecule has 2 saturated heterocycles. The molecular formula is C32H40N6O3. The van der Waals surface area contributed by atoms with Gasteiger partial charge in [0.25, 0.3) is 0 Å². The van der Waals surface area contributed by atoms with Crippen LogP contribution in [-0.4, -0.2) is 97.9 Å². The first-order chi connectivity index (χ1) is 20.1. The minimum Gasteiger partial charge on any atom is -0.462 e. The van der Waals surface area contributed by atoms with Crippen molar-refractivity contribution in [2.24, 2.45) is 0 Å². The van der Waals surface area contributed by atoms with Crippen molar-refractivity contribution in [3.63, 3.8) is 0 Å². The molecule has 9 nitrogen and oxygen atoms in total. The van der Waals surface area contributed by atoms with Crippen LogP contribution in [-0.2, 0) is 22.5 Å². The summed E-state index contributed by atoms with van der Waals surface area (Å²) in [6, 6.07) is 15.8. The van der Waals surface area contributed by atoms with E-state index >= 15 is 0 Å². The monoisotopic (exact) mass is 556 g/mol.